The maximum Gasteiger partial charge on any atom is 0.277 e. The highest BCUT2D eigenvalue weighted by Crippen LogP contribution is 2.23. The molecule has 0 bridgehead atoms. The number of amides is 1. The summed E-state index contributed by atoms with van der Waals surface area (Å²) in [6, 6.07) is 14.4. The smallest absolute Gasteiger partial charge is 0.277 e. The summed E-state index contributed by atoms with van der Waals surface area (Å²) in [4.78, 5) is 13.8. The van der Waals surface area contributed by atoms with Gasteiger partial charge in [0.2, 0.25) is 0 Å². The molecular weight excluding hydrogens is 318 g/mol. The van der Waals surface area contributed by atoms with E-state index in [0.29, 0.717) is 11.3 Å². The van der Waals surface area contributed by atoms with Crippen LogP contribution in [0.25, 0.3) is 0 Å². The van der Waals surface area contributed by atoms with Crippen LogP contribution in [0, 0.1) is 0 Å². The van der Waals surface area contributed by atoms with Crippen LogP contribution in [0.1, 0.15) is 19.4 Å². The van der Waals surface area contributed by atoms with Crippen LogP contribution in [0.5, 0.6) is 11.5 Å². The summed E-state index contributed by atoms with van der Waals surface area (Å²) in [5.74, 6) is 0.355. The summed E-state index contributed by atoms with van der Waals surface area (Å²) in [6.07, 6.45) is 1.40. The molecule has 1 amide bonds. The lowest BCUT2D eigenvalue weighted by Gasteiger charge is -2.21. The Morgan fingerprint density at radius 2 is 1.92 bits per heavy atom. The first-order valence-electron chi connectivity index (χ1n) is 8.21. The van der Waals surface area contributed by atoms with Crippen LogP contribution in [-0.4, -0.2) is 36.9 Å². The molecule has 0 aromatic heterocycles. The molecule has 0 fully saturated rings. The number of para-hydroxylation sites is 1. The number of nitrogens with zero attached hydrogens (tertiary/aromatic N) is 2. The van der Waals surface area contributed by atoms with Gasteiger partial charge in [-0.2, -0.15) is 5.10 Å². The van der Waals surface area contributed by atoms with Crippen LogP contribution in [0.4, 0.5) is 5.69 Å². The number of hydrogen-bond donors (Lipinski definition) is 2. The number of benzene rings is 2. The van der Waals surface area contributed by atoms with Gasteiger partial charge in [-0.15, -0.1) is 0 Å². The fourth-order valence-electron chi connectivity index (χ4n) is 2.30. The van der Waals surface area contributed by atoms with E-state index in [9.17, 15) is 9.90 Å². The van der Waals surface area contributed by atoms with Crippen molar-refractivity contribution in [1.82, 2.24) is 5.43 Å². The lowest BCUT2D eigenvalue weighted by molar-refractivity contribution is -0.123. The minimum atomic E-state index is -0.376. The highest BCUT2D eigenvalue weighted by Gasteiger charge is 2.06. The zero-order chi connectivity index (χ0) is 18.1. The fourth-order valence-corrected chi connectivity index (χ4v) is 2.30. The third-order valence-electron chi connectivity index (χ3n) is 3.65. The normalized spacial score (nSPS) is 10.6. The van der Waals surface area contributed by atoms with Gasteiger partial charge in [0.25, 0.3) is 5.91 Å². The van der Waals surface area contributed by atoms with E-state index in [0.717, 1.165) is 18.8 Å². The molecule has 2 aromatic carbocycles. The van der Waals surface area contributed by atoms with Crippen LogP contribution in [-0.2, 0) is 4.79 Å². The van der Waals surface area contributed by atoms with Gasteiger partial charge in [-0.25, -0.2) is 5.43 Å². The summed E-state index contributed by atoms with van der Waals surface area (Å²) in [7, 11) is 0. The van der Waals surface area contributed by atoms with E-state index >= 15 is 0 Å². The number of phenols is 1. The maximum atomic E-state index is 11.7. The fraction of sp³-hybridized carbons (Fsp3) is 0.263. The summed E-state index contributed by atoms with van der Waals surface area (Å²) >= 11 is 0. The second kappa shape index (κ2) is 9.32. The molecule has 2 N–H and O–H groups in total. The topological polar surface area (TPSA) is 74.2 Å². The van der Waals surface area contributed by atoms with Crippen molar-refractivity contribution < 1.29 is 14.6 Å². The Morgan fingerprint density at radius 3 is 2.56 bits per heavy atom. The minimum Gasteiger partial charge on any atom is -0.507 e. The van der Waals surface area contributed by atoms with E-state index < -0.39 is 0 Å². The average molecular weight is 341 g/mol. The predicted octanol–water partition coefficient (Wildman–Crippen LogP) is 2.77. The van der Waals surface area contributed by atoms with E-state index in [1.807, 2.05) is 24.3 Å². The van der Waals surface area contributed by atoms with Gasteiger partial charge in [0.1, 0.15) is 11.5 Å². The Hall–Kier alpha value is -3.02. The van der Waals surface area contributed by atoms with Gasteiger partial charge in [0, 0.05) is 30.4 Å². The van der Waals surface area contributed by atoms with Gasteiger partial charge >= 0.3 is 0 Å². The van der Waals surface area contributed by atoms with Gasteiger partial charge in [-0.1, -0.05) is 18.2 Å². The van der Waals surface area contributed by atoms with Crippen molar-refractivity contribution in [3.05, 3.63) is 54.1 Å². The first-order chi connectivity index (χ1) is 12.1. The third-order valence-corrected chi connectivity index (χ3v) is 3.65. The van der Waals surface area contributed by atoms with E-state index in [2.05, 4.69) is 29.3 Å². The molecule has 0 atom stereocenters. The zero-order valence-corrected chi connectivity index (χ0v) is 14.5. The van der Waals surface area contributed by atoms with Crippen LogP contribution < -0.4 is 15.1 Å². The molecule has 0 heterocycles. The number of carbonyl (C=O) groups is 1. The standard InChI is InChI=1S/C19H23N3O3/c1-3-22(4-2)16-11-10-15(18(23)12-16)13-20-21-19(24)14-25-17-8-6-5-7-9-17/h5-13,23H,3-4,14H2,1-2H3,(H,21,24). The number of ether oxygens (including phenoxy) is 1. The average Bonchev–Trinajstić information content (AvgIpc) is 2.63. The minimum absolute atomic E-state index is 0.114. The molecule has 0 aliphatic carbocycles. The summed E-state index contributed by atoms with van der Waals surface area (Å²) in [5, 5.41) is 13.9. The number of carbonyl (C=O) groups excluding carboxylic acids is 1. The molecule has 0 saturated carbocycles. The lowest BCUT2D eigenvalue weighted by Crippen LogP contribution is -2.24. The van der Waals surface area contributed by atoms with Crippen LogP contribution >= 0.6 is 0 Å². The summed E-state index contributed by atoms with van der Waals surface area (Å²) in [6.45, 7) is 5.71. The number of phenolic OH excluding ortho intramolecular Hbond substituents is 1. The van der Waals surface area contributed by atoms with Crippen molar-refractivity contribution >= 4 is 17.8 Å². The molecular formula is C19H23N3O3. The molecule has 0 aliphatic rings. The summed E-state index contributed by atoms with van der Waals surface area (Å²) < 4.78 is 5.32. The van der Waals surface area contributed by atoms with E-state index in [1.54, 1.807) is 24.3 Å². The van der Waals surface area contributed by atoms with Crippen LogP contribution in [0.15, 0.2) is 53.6 Å². The first kappa shape index (κ1) is 18.3. The predicted molar refractivity (Wildman–Crippen MR) is 99.3 cm³/mol. The van der Waals surface area contributed by atoms with Crippen molar-refractivity contribution in [2.45, 2.75) is 13.8 Å². The Morgan fingerprint density at radius 1 is 1.20 bits per heavy atom. The number of hydrogen-bond acceptors (Lipinski definition) is 5. The van der Waals surface area contributed by atoms with Crippen molar-refractivity contribution in [3.63, 3.8) is 0 Å². The van der Waals surface area contributed by atoms with Crippen molar-refractivity contribution in [3.8, 4) is 11.5 Å². The molecule has 0 aliphatic heterocycles. The quantitative estimate of drug-likeness (QED) is 0.572. The van der Waals surface area contributed by atoms with E-state index in [-0.39, 0.29) is 18.3 Å². The van der Waals surface area contributed by atoms with Gasteiger partial charge in [0.15, 0.2) is 6.61 Å². The maximum absolute atomic E-state index is 11.7. The highest BCUT2D eigenvalue weighted by atomic mass is 16.5. The molecule has 0 saturated heterocycles. The van der Waals surface area contributed by atoms with Gasteiger partial charge in [-0.3, -0.25) is 4.79 Å². The molecule has 25 heavy (non-hydrogen) atoms. The van der Waals surface area contributed by atoms with Crippen molar-refractivity contribution in [1.29, 1.82) is 0 Å². The number of nitrogens with one attached hydrogen (secondary N) is 1. The SMILES string of the molecule is CCN(CC)c1ccc(C=NNC(=O)COc2ccccc2)c(O)c1. The molecule has 6 nitrogen and oxygen atoms in total. The Kier molecular flexibility index (Phi) is 6.83. The zero-order valence-electron chi connectivity index (χ0n) is 14.5. The molecule has 0 spiro atoms. The van der Waals surface area contributed by atoms with E-state index in [4.69, 9.17) is 4.74 Å². The van der Waals surface area contributed by atoms with Crippen molar-refractivity contribution in [2.24, 2.45) is 5.10 Å². The molecule has 0 unspecified atom stereocenters. The number of rotatable bonds is 8. The lowest BCUT2D eigenvalue weighted by atomic mass is 10.2. The van der Waals surface area contributed by atoms with Crippen LogP contribution in [0.3, 0.4) is 0 Å². The molecule has 0 radical (unpaired) electrons. The van der Waals surface area contributed by atoms with Gasteiger partial charge < -0.3 is 14.7 Å². The van der Waals surface area contributed by atoms with Crippen molar-refractivity contribution in [2.75, 3.05) is 24.6 Å². The Labute approximate surface area is 147 Å². The molecule has 2 aromatic rings. The van der Waals surface area contributed by atoms with E-state index in [1.165, 1.54) is 6.21 Å². The monoisotopic (exact) mass is 341 g/mol. The number of aromatic hydroxyl groups is 1. The largest absolute Gasteiger partial charge is 0.507 e. The molecule has 2 rings (SSSR count). The number of hydrazone groups is 1. The highest BCUT2D eigenvalue weighted by molar-refractivity contribution is 5.86. The second-order valence-electron chi connectivity index (χ2n) is 5.31. The molecule has 132 valence electrons. The first-order valence-corrected chi connectivity index (χ1v) is 8.21. The Balaban J connectivity index is 1.87. The van der Waals surface area contributed by atoms with Gasteiger partial charge in [0.05, 0.1) is 6.21 Å². The molecule has 6 heteroatoms. The second-order valence-corrected chi connectivity index (χ2v) is 5.31. The van der Waals surface area contributed by atoms with Crippen LogP contribution in [0.2, 0.25) is 0 Å². The Bertz CT molecular complexity index is 713. The third kappa shape index (κ3) is 5.53. The summed E-state index contributed by atoms with van der Waals surface area (Å²) in [5.41, 5.74) is 3.84. The number of anilines is 1. The van der Waals surface area contributed by atoms with Gasteiger partial charge in [-0.05, 0) is 38.1 Å².